The van der Waals surface area contributed by atoms with Crippen LogP contribution >= 0.6 is 15.9 Å². The molecule has 2 nitrogen and oxygen atoms in total. The van der Waals surface area contributed by atoms with E-state index < -0.39 is 0 Å². The Hall–Kier alpha value is -0.700. The summed E-state index contributed by atoms with van der Waals surface area (Å²) in [7, 11) is 0. The van der Waals surface area contributed by atoms with Crippen LogP contribution in [0.15, 0.2) is 28.9 Å². The molecule has 0 bridgehead atoms. The zero-order chi connectivity index (χ0) is 8.27. The lowest BCUT2D eigenvalue weighted by atomic mass is 10.1. The molecule has 11 heavy (non-hydrogen) atoms. The van der Waals surface area contributed by atoms with Gasteiger partial charge in [0.1, 0.15) is 10.3 Å². The first-order valence-corrected chi connectivity index (χ1v) is 4.11. The fourth-order valence-corrected chi connectivity index (χ4v) is 1.18. The normalized spacial score (nSPS) is 23.6. The van der Waals surface area contributed by atoms with Gasteiger partial charge in [0.2, 0.25) is 0 Å². The molecule has 1 aliphatic heterocycles. The van der Waals surface area contributed by atoms with E-state index in [1.165, 1.54) is 0 Å². The van der Waals surface area contributed by atoms with Crippen molar-refractivity contribution < 1.29 is 4.79 Å². The van der Waals surface area contributed by atoms with Crippen molar-refractivity contribution in [3.8, 4) is 0 Å². The Kier molecular flexibility index (Phi) is 2.76. The fourth-order valence-electron chi connectivity index (χ4n) is 0.820. The summed E-state index contributed by atoms with van der Waals surface area (Å²) < 4.78 is 0.695. The number of hydrogen-bond acceptors (Lipinski definition) is 2. The number of aliphatic imine (C=N–C) groups is 1. The van der Waals surface area contributed by atoms with Crippen LogP contribution in [0.1, 0.15) is 6.92 Å². The van der Waals surface area contributed by atoms with Crippen LogP contribution in [0.25, 0.3) is 0 Å². The fraction of sp³-hybridized carbons (Fsp3) is 0.250. The Labute approximate surface area is 73.8 Å². The number of carbonyl (C=O) groups excluding carboxylic acids is 1. The zero-order valence-electron chi connectivity index (χ0n) is 6.12. The third kappa shape index (κ3) is 2.42. The first kappa shape index (κ1) is 8.40. The Balaban J connectivity index is 2.95. The lowest BCUT2D eigenvalue weighted by Crippen LogP contribution is -1.85. The summed E-state index contributed by atoms with van der Waals surface area (Å²) in [6.45, 7) is 2.00. The molecule has 0 aromatic rings. The summed E-state index contributed by atoms with van der Waals surface area (Å²) in [5.74, 6) is 0.272. The number of aldehydes is 1. The molecule has 0 aromatic heterocycles. The monoisotopic (exact) mass is 213 g/mol. The molecule has 0 fully saturated rings. The minimum absolute atomic E-state index is 0.272. The van der Waals surface area contributed by atoms with Crippen molar-refractivity contribution in [3.63, 3.8) is 0 Å². The van der Waals surface area contributed by atoms with Crippen LogP contribution in [-0.2, 0) is 4.79 Å². The first-order valence-electron chi connectivity index (χ1n) is 3.32. The van der Waals surface area contributed by atoms with Gasteiger partial charge in [-0.3, -0.25) is 4.79 Å². The second-order valence-corrected chi connectivity index (χ2v) is 3.17. The maximum absolute atomic E-state index is 10.4. The first-order chi connectivity index (χ1) is 5.22. The molecule has 3 heteroatoms. The highest BCUT2D eigenvalue weighted by atomic mass is 79.9. The van der Waals surface area contributed by atoms with Crippen LogP contribution in [0.3, 0.4) is 0 Å². The largest absolute Gasteiger partial charge is 0.296 e. The quantitative estimate of drug-likeness (QED) is 0.614. The molecule has 0 N–H and O–H groups in total. The average molecular weight is 214 g/mol. The van der Waals surface area contributed by atoms with Gasteiger partial charge in [0.15, 0.2) is 6.29 Å². The lowest BCUT2D eigenvalue weighted by molar-refractivity contribution is -0.104. The van der Waals surface area contributed by atoms with E-state index in [1.807, 2.05) is 25.2 Å². The van der Waals surface area contributed by atoms with Crippen molar-refractivity contribution in [1.82, 2.24) is 0 Å². The second kappa shape index (κ2) is 3.62. The van der Waals surface area contributed by atoms with Crippen LogP contribution in [0.5, 0.6) is 0 Å². The molecule has 0 spiro atoms. The number of allylic oxidation sites excluding steroid dienone is 4. The molecule has 0 aliphatic carbocycles. The van der Waals surface area contributed by atoms with Gasteiger partial charge in [-0.15, -0.1) is 0 Å². The van der Waals surface area contributed by atoms with Gasteiger partial charge < -0.3 is 0 Å². The van der Waals surface area contributed by atoms with E-state index in [2.05, 4.69) is 20.9 Å². The SMILES string of the molecule is CC1C=CC(Br)=NC(C=O)=C1. The van der Waals surface area contributed by atoms with Crippen LogP contribution in [0.2, 0.25) is 0 Å². The van der Waals surface area contributed by atoms with Crippen molar-refractivity contribution in [2.75, 3.05) is 0 Å². The minimum Gasteiger partial charge on any atom is -0.296 e. The van der Waals surface area contributed by atoms with Crippen LogP contribution < -0.4 is 0 Å². The van der Waals surface area contributed by atoms with Gasteiger partial charge in [-0.1, -0.05) is 13.0 Å². The Morgan fingerprint density at radius 2 is 2.45 bits per heavy atom. The summed E-state index contributed by atoms with van der Waals surface area (Å²) in [5.41, 5.74) is 0.481. The lowest BCUT2D eigenvalue weighted by Gasteiger charge is -1.93. The molecular weight excluding hydrogens is 206 g/mol. The van der Waals surface area contributed by atoms with Gasteiger partial charge in [0.25, 0.3) is 0 Å². The number of rotatable bonds is 1. The Bertz CT molecular complexity index is 253. The van der Waals surface area contributed by atoms with E-state index in [9.17, 15) is 4.79 Å². The van der Waals surface area contributed by atoms with E-state index in [-0.39, 0.29) is 5.92 Å². The molecule has 0 aromatic carbocycles. The second-order valence-electron chi connectivity index (χ2n) is 2.36. The molecule has 1 heterocycles. The van der Waals surface area contributed by atoms with Crippen molar-refractivity contribution in [3.05, 3.63) is 23.9 Å². The van der Waals surface area contributed by atoms with Crippen molar-refractivity contribution >= 4 is 26.8 Å². The molecule has 58 valence electrons. The predicted octanol–water partition coefficient (Wildman–Crippen LogP) is 2.07. The molecule has 1 rings (SSSR count). The molecule has 1 aliphatic rings. The van der Waals surface area contributed by atoms with E-state index in [0.717, 1.165) is 6.29 Å². The molecule has 0 saturated heterocycles. The molecular formula is C8H8BrNO. The molecule has 0 amide bonds. The third-order valence-electron chi connectivity index (χ3n) is 1.33. The van der Waals surface area contributed by atoms with Crippen molar-refractivity contribution in [1.29, 1.82) is 0 Å². The number of hydrogen-bond donors (Lipinski definition) is 0. The predicted molar refractivity (Wildman–Crippen MR) is 48.8 cm³/mol. The van der Waals surface area contributed by atoms with Crippen LogP contribution in [0, 0.1) is 5.92 Å². The topological polar surface area (TPSA) is 29.4 Å². The number of nitrogens with zero attached hydrogens (tertiary/aromatic N) is 1. The summed E-state index contributed by atoms with van der Waals surface area (Å²) in [4.78, 5) is 14.4. The summed E-state index contributed by atoms with van der Waals surface area (Å²) in [6.07, 6.45) is 6.39. The highest BCUT2D eigenvalue weighted by Crippen LogP contribution is 2.11. The summed E-state index contributed by atoms with van der Waals surface area (Å²) in [5, 5.41) is 0. The van der Waals surface area contributed by atoms with Gasteiger partial charge in [-0.25, -0.2) is 4.99 Å². The highest BCUT2D eigenvalue weighted by molar-refractivity contribution is 9.18. The summed E-state index contributed by atoms with van der Waals surface area (Å²) in [6, 6.07) is 0. The Morgan fingerprint density at radius 3 is 3.09 bits per heavy atom. The zero-order valence-corrected chi connectivity index (χ0v) is 7.71. The molecule has 0 saturated carbocycles. The van der Waals surface area contributed by atoms with E-state index >= 15 is 0 Å². The van der Waals surface area contributed by atoms with Gasteiger partial charge in [0, 0.05) is 0 Å². The van der Waals surface area contributed by atoms with E-state index in [1.54, 1.807) is 0 Å². The number of carbonyl (C=O) groups is 1. The molecule has 1 atom stereocenters. The maximum atomic E-state index is 10.4. The molecule has 1 unspecified atom stereocenters. The minimum atomic E-state index is 0.272. The standard InChI is InChI=1S/C8H8BrNO/c1-6-2-3-8(9)10-7(4-6)5-11/h2-6H,1H3. The van der Waals surface area contributed by atoms with E-state index in [0.29, 0.717) is 10.3 Å². The van der Waals surface area contributed by atoms with Crippen molar-refractivity contribution in [2.45, 2.75) is 6.92 Å². The van der Waals surface area contributed by atoms with Gasteiger partial charge >= 0.3 is 0 Å². The number of halogens is 1. The average Bonchev–Trinajstić information content (AvgIpc) is 2.13. The maximum Gasteiger partial charge on any atom is 0.168 e. The van der Waals surface area contributed by atoms with Gasteiger partial charge in [-0.2, -0.15) is 0 Å². The smallest absolute Gasteiger partial charge is 0.168 e. The highest BCUT2D eigenvalue weighted by Gasteiger charge is 2.01. The third-order valence-corrected chi connectivity index (χ3v) is 1.77. The van der Waals surface area contributed by atoms with Crippen molar-refractivity contribution in [2.24, 2.45) is 10.9 Å². The van der Waals surface area contributed by atoms with Crippen LogP contribution in [0.4, 0.5) is 0 Å². The van der Waals surface area contributed by atoms with Gasteiger partial charge in [0.05, 0.1) is 0 Å². The Morgan fingerprint density at radius 1 is 1.73 bits per heavy atom. The molecule has 0 radical (unpaired) electrons. The van der Waals surface area contributed by atoms with Crippen LogP contribution in [-0.4, -0.2) is 10.9 Å². The van der Waals surface area contributed by atoms with Gasteiger partial charge in [-0.05, 0) is 34.0 Å². The van der Waals surface area contributed by atoms with E-state index in [4.69, 9.17) is 0 Å². The summed E-state index contributed by atoms with van der Waals surface area (Å²) >= 11 is 3.21.